The molecule has 0 aliphatic heterocycles. The van der Waals surface area contributed by atoms with Gasteiger partial charge in [-0.25, -0.2) is 0 Å². The maximum atomic E-state index is 6.35. The molecule has 0 unspecified atom stereocenters. The molecule has 134 valence electrons. The predicted molar refractivity (Wildman–Crippen MR) is 95.4 cm³/mol. The van der Waals surface area contributed by atoms with Gasteiger partial charge in [0.2, 0.25) is 5.89 Å². The lowest BCUT2D eigenvalue weighted by molar-refractivity contribution is 0.209. The van der Waals surface area contributed by atoms with Crippen LogP contribution in [0.5, 0.6) is 5.75 Å². The molecule has 0 radical (unpaired) electrons. The molecule has 2 saturated carbocycles. The van der Waals surface area contributed by atoms with Gasteiger partial charge in [0.15, 0.2) is 5.82 Å². The Kier molecular flexibility index (Phi) is 4.07. The van der Waals surface area contributed by atoms with E-state index in [2.05, 4.69) is 31.1 Å². The van der Waals surface area contributed by atoms with Gasteiger partial charge in [-0.3, -0.25) is 0 Å². The fraction of sp³-hybridized carbons (Fsp3) is 0.600. The molecule has 1 heterocycles. The number of hydrogen-bond donors (Lipinski definition) is 1. The van der Waals surface area contributed by atoms with Gasteiger partial charge in [-0.05, 0) is 55.7 Å². The highest BCUT2D eigenvalue weighted by atomic mass is 16.5. The van der Waals surface area contributed by atoms with E-state index in [9.17, 15) is 0 Å². The van der Waals surface area contributed by atoms with E-state index in [0.29, 0.717) is 11.7 Å². The van der Waals surface area contributed by atoms with Crippen LogP contribution in [-0.4, -0.2) is 16.7 Å². The summed E-state index contributed by atoms with van der Waals surface area (Å²) in [5.41, 5.74) is 7.06. The number of aromatic nitrogens is 2. The molecule has 1 aromatic carbocycles. The quantitative estimate of drug-likeness (QED) is 0.862. The van der Waals surface area contributed by atoms with Gasteiger partial charge in [-0.1, -0.05) is 37.6 Å². The van der Waals surface area contributed by atoms with Gasteiger partial charge >= 0.3 is 0 Å². The minimum Gasteiger partial charge on any atom is -0.493 e. The monoisotopic (exact) mass is 341 g/mol. The standard InChI is InChI=1S/C20H27N3O2/c1-14(2)13-24-16-7-5-15(6-8-16)19(9-3-10-19)18-22-17(23-25-18)20(21)11-4-12-20/h5-8,14H,3-4,9-13,21H2,1-2H3. The number of nitrogens with two attached hydrogens (primary N) is 1. The molecule has 4 rings (SSSR count). The van der Waals surface area contributed by atoms with Crippen LogP contribution in [0.2, 0.25) is 0 Å². The maximum Gasteiger partial charge on any atom is 0.237 e. The number of ether oxygens (including phenoxy) is 1. The smallest absolute Gasteiger partial charge is 0.237 e. The van der Waals surface area contributed by atoms with Crippen molar-refractivity contribution in [2.45, 2.75) is 63.3 Å². The summed E-state index contributed by atoms with van der Waals surface area (Å²) in [6.45, 7) is 5.03. The second-order valence-corrected chi connectivity index (χ2v) is 8.10. The molecule has 0 atom stereocenters. The Hall–Kier alpha value is -1.88. The van der Waals surface area contributed by atoms with Crippen LogP contribution >= 0.6 is 0 Å². The molecule has 0 bridgehead atoms. The van der Waals surface area contributed by atoms with E-state index < -0.39 is 0 Å². The largest absolute Gasteiger partial charge is 0.493 e. The highest BCUT2D eigenvalue weighted by Crippen LogP contribution is 2.49. The van der Waals surface area contributed by atoms with E-state index in [0.717, 1.165) is 50.4 Å². The van der Waals surface area contributed by atoms with Crippen molar-refractivity contribution in [1.29, 1.82) is 0 Å². The molecule has 2 aliphatic rings. The first-order chi connectivity index (χ1) is 12.0. The van der Waals surface area contributed by atoms with Gasteiger partial charge in [0, 0.05) is 0 Å². The Bertz CT molecular complexity index is 728. The molecule has 2 N–H and O–H groups in total. The summed E-state index contributed by atoms with van der Waals surface area (Å²) in [5, 5.41) is 4.21. The van der Waals surface area contributed by atoms with Gasteiger partial charge in [-0.2, -0.15) is 4.98 Å². The van der Waals surface area contributed by atoms with Gasteiger partial charge in [0.25, 0.3) is 0 Å². The topological polar surface area (TPSA) is 74.2 Å². The van der Waals surface area contributed by atoms with E-state index >= 15 is 0 Å². The third-order valence-electron chi connectivity index (χ3n) is 5.72. The summed E-state index contributed by atoms with van der Waals surface area (Å²) >= 11 is 0. The minimum atomic E-state index is -0.374. The second kappa shape index (κ2) is 6.13. The Morgan fingerprint density at radius 3 is 2.32 bits per heavy atom. The van der Waals surface area contributed by atoms with Crippen LogP contribution in [0.3, 0.4) is 0 Å². The van der Waals surface area contributed by atoms with Gasteiger partial charge in [0.1, 0.15) is 5.75 Å². The molecule has 2 aromatic rings. The highest BCUT2D eigenvalue weighted by molar-refractivity contribution is 5.38. The van der Waals surface area contributed by atoms with Crippen molar-refractivity contribution < 1.29 is 9.26 Å². The predicted octanol–water partition coefficient (Wildman–Crippen LogP) is 3.91. The summed E-state index contributed by atoms with van der Waals surface area (Å²) in [5.74, 6) is 2.83. The van der Waals surface area contributed by atoms with Crippen LogP contribution in [0.15, 0.2) is 28.8 Å². The third-order valence-corrected chi connectivity index (χ3v) is 5.72. The zero-order chi connectivity index (χ0) is 17.5. The Morgan fingerprint density at radius 1 is 1.12 bits per heavy atom. The lowest BCUT2D eigenvalue weighted by Gasteiger charge is -2.39. The first-order valence-electron chi connectivity index (χ1n) is 9.39. The average molecular weight is 341 g/mol. The number of hydrogen-bond acceptors (Lipinski definition) is 5. The third kappa shape index (κ3) is 2.84. The molecule has 0 spiro atoms. The zero-order valence-corrected chi connectivity index (χ0v) is 15.1. The maximum absolute atomic E-state index is 6.35. The van der Waals surface area contributed by atoms with Crippen LogP contribution in [0.25, 0.3) is 0 Å². The second-order valence-electron chi connectivity index (χ2n) is 8.10. The van der Waals surface area contributed by atoms with Crippen LogP contribution in [0.1, 0.15) is 69.7 Å². The van der Waals surface area contributed by atoms with Crippen molar-refractivity contribution in [2.75, 3.05) is 6.61 Å². The van der Waals surface area contributed by atoms with Crippen molar-refractivity contribution in [1.82, 2.24) is 10.1 Å². The Balaban J connectivity index is 1.56. The van der Waals surface area contributed by atoms with E-state index in [1.165, 1.54) is 12.0 Å². The van der Waals surface area contributed by atoms with E-state index in [-0.39, 0.29) is 11.0 Å². The summed E-state index contributed by atoms with van der Waals surface area (Å²) in [6, 6.07) is 8.37. The average Bonchev–Trinajstić information content (AvgIpc) is 3.01. The minimum absolute atomic E-state index is 0.151. The Labute approximate surface area is 148 Å². The normalized spacial score (nSPS) is 20.8. The number of benzene rings is 1. The van der Waals surface area contributed by atoms with Crippen LogP contribution in [0, 0.1) is 5.92 Å². The van der Waals surface area contributed by atoms with Gasteiger partial charge in [-0.15, -0.1) is 0 Å². The van der Waals surface area contributed by atoms with Gasteiger partial charge in [0.05, 0.1) is 17.6 Å². The number of rotatable bonds is 6. The van der Waals surface area contributed by atoms with Crippen molar-refractivity contribution in [2.24, 2.45) is 11.7 Å². The first kappa shape index (κ1) is 16.6. The summed E-state index contributed by atoms with van der Waals surface area (Å²) < 4.78 is 11.5. The first-order valence-corrected chi connectivity index (χ1v) is 9.39. The molecule has 25 heavy (non-hydrogen) atoms. The van der Waals surface area contributed by atoms with Crippen molar-refractivity contribution in [3.05, 3.63) is 41.5 Å². The molecule has 0 amide bonds. The molecule has 2 fully saturated rings. The zero-order valence-electron chi connectivity index (χ0n) is 15.1. The van der Waals surface area contributed by atoms with E-state index in [4.69, 9.17) is 20.0 Å². The SMILES string of the molecule is CC(C)COc1ccc(C2(c3nc(C4(N)CCC4)no3)CCC2)cc1. The lowest BCUT2D eigenvalue weighted by atomic mass is 9.64. The summed E-state index contributed by atoms with van der Waals surface area (Å²) in [4.78, 5) is 4.72. The summed E-state index contributed by atoms with van der Waals surface area (Å²) in [7, 11) is 0. The van der Waals surface area contributed by atoms with E-state index in [1.54, 1.807) is 0 Å². The van der Waals surface area contributed by atoms with Crippen LogP contribution in [-0.2, 0) is 11.0 Å². The molecule has 0 saturated heterocycles. The number of nitrogens with zero attached hydrogens (tertiary/aromatic N) is 2. The van der Waals surface area contributed by atoms with Gasteiger partial charge < -0.3 is 15.0 Å². The molecule has 5 nitrogen and oxygen atoms in total. The van der Waals surface area contributed by atoms with Crippen molar-refractivity contribution in [3.63, 3.8) is 0 Å². The highest BCUT2D eigenvalue weighted by Gasteiger charge is 2.47. The summed E-state index contributed by atoms with van der Waals surface area (Å²) in [6.07, 6.45) is 6.29. The fourth-order valence-electron chi connectivity index (χ4n) is 3.69. The molecule has 2 aliphatic carbocycles. The molecular formula is C20H27N3O2. The van der Waals surface area contributed by atoms with Crippen LogP contribution in [0.4, 0.5) is 0 Å². The van der Waals surface area contributed by atoms with Crippen LogP contribution < -0.4 is 10.5 Å². The lowest BCUT2D eigenvalue weighted by Crippen LogP contribution is -2.44. The fourth-order valence-corrected chi connectivity index (χ4v) is 3.69. The molecule has 1 aromatic heterocycles. The molecule has 5 heteroatoms. The van der Waals surface area contributed by atoms with E-state index in [1.807, 2.05) is 12.1 Å². The van der Waals surface area contributed by atoms with Crippen molar-refractivity contribution in [3.8, 4) is 5.75 Å². The Morgan fingerprint density at radius 2 is 1.80 bits per heavy atom. The van der Waals surface area contributed by atoms with Crippen molar-refractivity contribution >= 4 is 0 Å². The molecular weight excluding hydrogens is 314 g/mol.